The fraction of sp³-hybridized carbons (Fsp3) is 0.273. The van der Waals surface area contributed by atoms with Gasteiger partial charge in [-0.25, -0.2) is 4.39 Å². The van der Waals surface area contributed by atoms with Crippen molar-refractivity contribution in [3.8, 4) is 6.07 Å². The minimum absolute atomic E-state index is 0.0113. The number of aromatic nitrogens is 2. The molecule has 0 spiro atoms. The molecule has 1 aliphatic carbocycles. The lowest BCUT2D eigenvalue weighted by Gasteiger charge is -2.40. The van der Waals surface area contributed by atoms with E-state index < -0.39 is 28.5 Å². The minimum Gasteiger partial charge on any atom is -0.396 e. The molecule has 0 saturated heterocycles. The third-order valence-corrected chi connectivity index (χ3v) is 8.65. The summed E-state index contributed by atoms with van der Waals surface area (Å²) in [5.74, 6) is -1.29. The van der Waals surface area contributed by atoms with Gasteiger partial charge in [-0.2, -0.15) is 5.26 Å². The summed E-state index contributed by atoms with van der Waals surface area (Å²) in [6.07, 6.45) is 4.39. The third-order valence-electron chi connectivity index (χ3n) is 8.40. The molecule has 2 aromatic carbocycles. The van der Waals surface area contributed by atoms with Gasteiger partial charge in [-0.05, 0) is 73.9 Å². The van der Waals surface area contributed by atoms with Gasteiger partial charge in [-0.15, -0.1) is 0 Å². The summed E-state index contributed by atoms with van der Waals surface area (Å²) in [4.78, 5) is 24.4. The van der Waals surface area contributed by atoms with Gasteiger partial charge in [0.1, 0.15) is 17.5 Å². The molecular weight excluding hydrogens is 571 g/mol. The molecule has 6 rings (SSSR count). The zero-order valence-electron chi connectivity index (χ0n) is 23.3. The van der Waals surface area contributed by atoms with Gasteiger partial charge < -0.3 is 14.9 Å². The number of aliphatic hydroxyl groups excluding tert-OH is 1. The van der Waals surface area contributed by atoms with E-state index in [1.165, 1.54) is 36.4 Å². The first kappa shape index (κ1) is 28.9. The lowest BCUT2D eigenvalue weighted by atomic mass is 9.86. The van der Waals surface area contributed by atoms with Crippen LogP contribution < -0.4 is 0 Å². The maximum absolute atomic E-state index is 16.6. The topological polar surface area (TPSA) is 120 Å². The van der Waals surface area contributed by atoms with Crippen LogP contribution in [0.5, 0.6) is 0 Å². The van der Waals surface area contributed by atoms with Crippen LogP contribution in [0.15, 0.2) is 79.1 Å². The van der Waals surface area contributed by atoms with Crippen molar-refractivity contribution in [3.63, 3.8) is 0 Å². The van der Waals surface area contributed by atoms with Crippen LogP contribution in [0.1, 0.15) is 63.8 Å². The number of carbonyl (C=O) groups excluding carboxylic acids is 1. The summed E-state index contributed by atoms with van der Waals surface area (Å²) < 4.78 is 23.3. The Balaban J connectivity index is 1.56. The van der Waals surface area contributed by atoms with Gasteiger partial charge in [0.05, 0.1) is 47.8 Å². The van der Waals surface area contributed by atoms with Gasteiger partial charge in [-0.3, -0.25) is 19.7 Å². The van der Waals surface area contributed by atoms with Gasteiger partial charge in [0.2, 0.25) is 0 Å². The van der Waals surface area contributed by atoms with E-state index >= 15 is 4.39 Å². The SMILES string of the molecule is CC(O)(c1cc(F)c2c(c1)C(=O)N(Cc1ccc(C#N)cn1)C2(OCC1(CO)CC1)c1ccc(Cl)cc1)c1ccccn1. The number of carbonyl (C=O) groups is 1. The molecule has 2 unspecified atom stereocenters. The molecule has 0 bridgehead atoms. The first-order chi connectivity index (χ1) is 20.6. The predicted octanol–water partition coefficient (Wildman–Crippen LogP) is 5.04. The smallest absolute Gasteiger partial charge is 0.257 e. The number of benzene rings is 2. The molecule has 2 atom stereocenters. The minimum atomic E-state index is -1.75. The predicted molar refractivity (Wildman–Crippen MR) is 155 cm³/mol. The number of rotatable bonds is 9. The summed E-state index contributed by atoms with van der Waals surface area (Å²) in [7, 11) is 0. The van der Waals surface area contributed by atoms with Crippen molar-refractivity contribution >= 4 is 17.5 Å². The van der Waals surface area contributed by atoms with Crippen molar-refractivity contribution in [3.05, 3.63) is 129 Å². The van der Waals surface area contributed by atoms with Gasteiger partial charge in [0.15, 0.2) is 5.72 Å². The van der Waals surface area contributed by atoms with Crippen LogP contribution in [0.2, 0.25) is 5.02 Å². The third kappa shape index (κ3) is 4.96. The van der Waals surface area contributed by atoms with Gasteiger partial charge in [-0.1, -0.05) is 29.8 Å². The largest absolute Gasteiger partial charge is 0.396 e. The lowest BCUT2D eigenvalue weighted by molar-refractivity contribution is -0.130. The van der Waals surface area contributed by atoms with E-state index in [4.69, 9.17) is 16.3 Å². The van der Waals surface area contributed by atoms with Crippen molar-refractivity contribution in [2.75, 3.05) is 13.2 Å². The second kappa shape index (κ2) is 10.8. The lowest BCUT2D eigenvalue weighted by Crippen LogP contribution is -2.48. The number of pyridine rings is 2. The van der Waals surface area contributed by atoms with E-state index in [1.807, 2.05) is 6.07 Å². The molecule has 1 saturated carbocycles. The number of nitriles is 1. The second-order valence-corrected chi connectivity index (χ2v) is 11.7. The number of hydrogen-bond donors (Lipinski definition) is 2. The molecule has 2 N–H and O–H groups in total. The molecule has 1 fully saturated rings. The number of amides is 1. The van der Waals surface area contributed by atoms with Crippen molar-refractivity contribution in [1.82, 2.24) is 14.9 Å². The fourth-order valence-corrected chi connectivity index (χ4v) is 5.67. The second-order valence-electron chi connectivity index (χ2n) is 11.3. The summed E-state index contributed by atoms with van der Waals surface area (Å²) in [6, 6.07) is 19.6. The number of nitrogens with zero attached hydrogens (tertiary/aromatic N) is 4. The number of halogens is 2. The zero-order valence-corrected chi connectivity index (χ0v) is 24.1. The average Bonchev–Trinajstić information content (AvgIpc) is 3.77. The van der Waals surface area contributed by atoms with Crippen molar-refractivity contribution in [1.29, 1.82) is 5.26 Å². The molecule has 4 aromatic rings. The van der Waals surface area contributed by atoms with Crippen molar-refractivity contribution in [2.24, 2.45) is 5.41 Å². The van der Waals surface area contributed by atoms with Crippen LogP contribution in [0, 0.1) is 22.6 Å². The molecule has 2 aliphatic rings. The summed E-state index contributed by atoms with van der Waals surface area (Å²) >= 11 is 6.23. The highest BCUT2D eigenvalue weighted by molar-refractivity contribution is 6.30. The van der Waals surface area contributed by atoms with Crippen molar-refractivity contribution in [2.45, 2.75) is 37.6 Å². The van der Waals surface area contributed by atoms with Crippen LogP contribution in [0.3, 0.4) is 0 Å². The normalized spacial score (nSPS) is 19.9. The van der Waals surface area contributed by atoms with Crippen LogP contribution in [0.4, 0.5) is 4.39 Å². The summed E-state index contributed by atoms with van der Waals surface area (Å²) in [6.45, 7) is 1.35. The van der Waals surface area contributed by atoms with Gasteiger partial charge in [0, 0.05) is 28.4 Å². The standard InChI is InChI=1S/C33H28ClFN4O4/c1-31(42,28-4-2-3-13-37-28)23-14-26-29(27(35)15-23)33(22-6-8-24(34)9-7-22,43-20-32(19-40)11-12-32)39(30(26)41)18-25-10-5-21(16-36)17-38-25/h2-10,13-15,17,40,42H,11-12,18-20H2,1H3. The zero-order chi connectivity index (χ0) is 30.4. The molecule has 8 nitrogen and oxygen atoms in total. The highest BCUT2D eigenvalue weighted by Crippen LogP contribution is 2.52. The molecular formula is C33H28ClFN4O4. The quantitative estimate of drug-likeness (QED) is 0.277. The molecule has 218 valence electrons. The van der Waals surface area contributed by atoms with Crippen LogP contribution in [-0.4, -0.2) is 44.2 Å². The fourth-order valence-electron chi connectivity index (χ4n) is 5.54. The molecule has 1 amide bonds. The highest BCUT2D eigenvalue weighted by Gasteiger charge is 2.56. The Hall–Kier alpha value is -4.20. The number of hydrogen-bond acceptors (Lipinski definition) is 7. The Morgan fingerprint density at radius 2 is 1.91 bits per heavy atom. The molecule has 3 heterocycles. The highest BCUT2D eigenvalue weighted by atomic mass is 35.5. The first-order valence-electron chi connectivity index (χ1n) is 13.8. The van der Waals surface area contributed by atoms with Crippen molar-refractivity contribution < 1.29 is 24.1 Å². The summed E-state index contributed by atoms with van der Waals surface area (Å²) in [5, 5.41) is 31.3. The first-order valence-corrected chi connectivity index (χ1v) is 14.2. The van der Waals surface area contributed by atoms with Crippen LogP contribution in [0.25, 0.3) is 0 Å². The van der Waals surface area contributed by atoms with Gasteiger partial charge >= 0.3 is 0 Å². The van der Waals surface area contributed by atoms with Gasteiger partial charge in [0.25, 0.3) is 5.91 Å². The Bertz CT molecular complexity index is 1720. The molecule has 2 aromatic heterocycles. The average molecular weight is 599 g/mol. The number of aliphatic hydroxyl groups is 2. The molecule has 43 heavy (non-hydrogen) atoms. The van der Waals surface area contributed by atoms with E-state index in [0.717, 1.165) is 12.8 Å². The van der Waals surface area contributed by atoms with Crippen LogP contribution in [-0.2, 0) is 22.6 Å². The van der Waals surface area contributed by atoms with E-state index in [1.54, 1.807) is 54.6 Å². The monoisotopic (exact) mass is 598 g/mol. The Kier molecular flexibility index (Phi) is 7.27. The molecule has 1 aliphatic heterocycles. The molecule has 0 radical (unpaired) electrons. The van der Waals surface area contributed by atoms with E-state index in [2.05, 4.69) is 9.97 Å². The number of fused-ring (bicyclic) bond motifs is 1. The summed E-state index contributed by atoms with van der Waals surface area (Å²) in [5.41, 5.74) is -2.26. The maximum atomic E-state index is 16.6. The Morgan fingerprint density at radius 1 is 1.14 bits per heavy atom. The van der Waals surface area contributed by atoms with E-state index in [0.29, 0.717) is 21.8 Å². The van der Waals surface area contributed by atoms with E-state index in [9.17, 15) is 20.3 Å². The van der Waals surface area contributed by atoms with Crippen LogP contribution >= 0.6 is 11.6 Å². The maximum Gasteiger partial charge on any atom is 0.257 e. The Morgan fingerprint density at radius 3 is 2.51 bits per heavy atom. The van der Waals surface area contributed by atoms with E-state index in [-0.39, 0.29) is 42.1 Å². The number of ether oxygens (including phenoxy) is 1. The Labute approximate surface area is 253 Å². The molecule has 10 heteroatoms.